The maximum Gasteiger partial charge on any atom is 0.273 e. The molecule has 0 aliphatic carbocycles. The average molecular weight is 351 g/mol. The molecule has 0 radical (unpaired) electrons. The van der Waals surface area contributed by atoms with Gasteiger partial charge in [0.1, 0.15) is 17.5 Å². The highest BCUT2D eigenvalue weighted by Gasteiger charge is 2.20. The van der Waals surface area contributed by atoms with Crippen molar-refractivity contribution in [3.05, 3.63) is 50.4 Å². The summed E-state index contributed by atoms with van der Waals surface area (Å²) in [6.45, 7) is 0. The highest BCUT2D eigenvalue weighted by Crippen LogP contribution is 2.18. The van der Waals surface area contributed by atoms with Gasteiger partial charge in [0.05, 0.1) is 10.9 Å². The Hall–Kier alpha value is -1.99. The SMILES string of the molecule is O=C1NC(=S)N/C1=C\c1coc2ccc(Br)cc2c1=O. The Morgan fingerprint density at radius 2 is 2.05 bits per heavy atom. The fourth-order valence-electron chi connectivity index (χ4n) is 1.86. The van der Waals surface area contributed by atoms with Crippen molar-refractivity contribution in [1.29, 1.82) is 0 Å². The first-order valence-corrected chi connectivity index (χ1v) is 6.80. The number of carbonyl (C=O) groups is 1. The Morgan fingerprint density at radius 3 is 2.75 bits per heavy atom. The van der Waals surface area contributed by atoms with E-state index in [1.54, 1.807) is 18.2 Å². The summed E-state index contributed by atoms with van der Waals surface area (Å²) < 4.78 is 6.17. The lowest BCUT2D eigenvalue weighted by atomic mass is 10.1. The van der Waals surface area contributed by atoms with E-state index in [1.165, 1.54) is 12.3 Å². The summed E-state index contributed by atoms with van der Waals surface area (Å²) in [5.74, 6) is -0.372. The van der Waals surface area contributed by atoms with E-state index in [2.05, 4.69) is 26.6 Å². The fraction of sp³-hybridized carbons (Fsp3) is 0. The van der Waals surface area contributed by atoms with Gasteiger partial charge in [0.25, 0.3) is 5.91 Å². The van der Waals surface area contributed by atoms with Crippen LogP contribution < -0.4 is 16.1 Å². The van der Waals surface area contributed by atoms with Crippen LogP contribution in [0.3, 0.4) is 0 Å². The third-order valence-electron chi connectivity index (χ3n) is 2.78. The molecule has 20 heavy (non-hydrogen) atoms. The molecule has 2 heterocycles. The van der Waals surface area contributed by atoms with Crippen molar-refractivity contribution in [2.24, 2.45) is 0 Å². The lowest BCUT2D eigenvalue weighted by Crippen LogP contribution is -2.21. The molecule has 1 aliphatic rings. The first kappa shape index (κ1) is 13.0. The van der Waals surface area contributed by atoms with Gasteiger partial charge in [0, 0.05) is 4.47 Å². The smallest absolute Gasteiger partial charge is 0.273 e. The van der Waals surface area contributed by atoms with Crippen LogP contribution in [-0.2, 0) is 4.79 Å². The number of rotatable bonds is 1. The van der Waals surface area contributed by atoms with Crippen molar-refractivity contribution >= 4 is 56.2 Å². The molecular formula is C13H7BrN2O3S. The molecule has 0 atom stereocenters. The molecule has 0 saturated carbocycles. The van der Waals surface area contributed by atoms with Crippen LogP contribution in [0.4, 0.5) is 0 Å². The fourth-order valence-corrected chi connectivity index (χ4v) is 2.42. The van der Waals surface area contributed by atoms with Gasteiger partial charge in [-0.15, -0.1) is 0 Å². The van der Waals surface area contributed by atoms with E-state index in [9.17, 15) is 9.59 Å². The minimum Gasteiger partial charge on any atom is -0.463 e. The van der Waals surface area contributed by atoms with Crippen molar-refractivity contribution < 1.29 is 9.21 Å². The van der Waals surface area contributed by atoms with Crippen molar-refractivity contribution in [2.75, 3.05) is 0 Å². The third kappa shape index (κ3) is 2.25. The van der Waals surface area contributed by atoms with Gasteiger partial charge < -0.3 is 9.73 Å². The van der Waals surface area contributed by atoms with E-state index in [0.29, 0.717) is 11.0 Å². The molecule has 1 fully saturated rings. The number of hydrogen-bond donors (Lipinski definition) is 2. The Bertz CT molecular complexity index is 841. The molecule has 100 valence electrons. The van der Waals surface area contributed by atoms with E-state index in [-0.39, 0.29) is 27.7 Å². The maximum atomic E-state index is 12.3. The summed E-state index contributed by atoms with van der Waals surface area (Å²) in [5, 5.41) is 5.76. The van der Waals surface area contributed by atoms with Gasteiger partial charge in [-0.25, -0.2) is 0 Å². The molecule has 0 bridgehead atoms. The summed E-state index contributed by atoms with van der Waals surface area (Å²) in [6, 6.07) is 5.16. The number of halogens is 1. The van der Waals surface area contributed by atoms with Gasteiger partial charge in [0.15, 0.2) is 10.5 Å². The first-order chi connectivity index (χ1) is 9.54. The molecule has 2 N–H and O–H groups in total. The van der Waals surface area contributed by atoms with Crippen molar-refractivity contribution in [3.8, 4) is 0 Å². The maximum absolute atomic E-state index is 12.3. The summed E-state index contributed by atoms with van der Waals surface area (Å²) >= 11 is 8.13. The monoisotopic (exact) mass is 350 g/mol. The van der Waals surface area contributed by atoms with Crippen molar-refractivity contribution in [1.82, 2.24) is 10.6 Å². The van der Waals surface area contributed by atoms with E-state index in [0.717, 1.165) is 4.47 Å². The summed E-state index contributed by atoms with van der Waals surface area (Å²) in [4.78, 5) is 23.9. The number of amides is 1. The zero-order valence-electron chi connectivity index (χ0n) is 9.90. The minimum atomic E-state index is -0.372. The van der Waals surface area contributed by atoms with E-state index in [1.807, 2.05) is 0 Å². The molecule has 0 spiro atoms. The van der Waals surface area contributed by atoms with Crippen molar-refractivity contribution in [2.45, 2.75) is 0 Å². The molecule has 5 nitrogen and oxygen atoms in total. The number of hydrogen-bond acceptors (Lipinski definition) is 4. The van der Waals surface area contributed by atoms with Gasteiger partial charge in [-0.2, -0.15) is 0 Å². The second kappa shape index (κ2) is 4.84. The zero-order valence-corrected chi connectivity index (χ0v) is 12.3. The largest absolute Gasteiger partial charge is 0.463 e. The normalized spacial score (nSPS) is 16.6. The van der Waals surface area contributed by atoms with Gasteiger partial charge in [0.2, 0.25) is 0 Å². The second-order valence-corrected chi connectivity index (χ2v) is 5.45. The average Bonchev–Trinajstić information content (AvgIpc) is 2.72. The quantitative estimate of drug-likeness (QED) is 0.607. The Kier molecular flexibility index (Phi) is 3.15. The lowest BCUT2D eigenvalue weighted by molar-refractivity contribution is -0.115. The van der Waals surface area contributed by atoms with Crippen LogP contribution >= 0.6 is 28.1 Å². The number of nitrogens with one attached hydrogen (secondary N) is 2. The molecule has 1 saturated heterocycles. The Balaban J connectivity index is 2.16. The van der Waals surface area contributed by atoms with Crippen LogP contribution in [0.15, 0.2) is 43.8 Å². The van der Waals surface area contributed by atoms with E-state index < -0.39 is 0 Å². The van der Waals surface area contributed by atoms with Crippen LogP contribution in [-0.4, -0.2) is 11.0 Å². The molecular weight excluding hydrogens is 344 g/mol. The van der Waals surface area contributed by atoms with Gasteiger partial charge >= 0.3 is 0 Å². The molecule has 0 unspecified atom stereocenters. The van der Waals surface area contributed by atoms with Gasteiger partial charge in [-0.3, -0.25) is 14.9 Å². The first-order valence-electron chi connectivity index (χ1n) is 5.60. The zero-order chi connectivity index (χ0) is 14.3. The number of thiocarbonyl (C=S) groups is 1. The molecule has 1 amide bonds. The molecule has 2 aromatic rings. The predicted molar refractivity (Wildman–Crippen MR) is 82.0 cm³/mol. The van der Waals surface area contributed by atoms with Crippen LogP contribution in [0.2, 0.25) is 0 Å². The van der Waals surface area contributed by atoms with Crippen molar-refractivity contribution in [3.63, 3.8) is 0 Å². The highest BCUT2D eigenvalue weighted by atomic mass is 79.9. The summed E-state index contributed by atoms with van der Waals surface area (Å²) in [7, 11) is 0. The van der Waals surface area contributed by atoms with Gasteiger partial charge in [-0.05, 0) is 36.5 Å². The molecule has 7 heteroatoms. The highest BCUT2D eigenvalue weighted by molar-refractivity contribution is 9.10. The Morgan fingerprint density at radius 1 is 1.25 bits per heavy atom. The summed E-state index contributed by atoms with van der Waals surface area (Å²) in [5.41, 5.74) is 0.766. The number of benzene rings is 1. The Labute approximate surface area is 126 Å². The number of carbonyl (C=O) groups excluding carboxylic acids is 1. The molecule has 1 aromatic carbocycles. The van der Waals surface area contributed by atoms with E-state index in [4.69, 9.17) is 16.6 Å². The van der Waals surface area contributed by atoms with E-state index >= 15 is 0 Å². The lowest BCUT2D eigenvalue weighted by Gasteiger charge is -2.00. The summed E-state index contributed by atoms with van der Waals surface area (Å²) in [6.07, 6.45) is 2.74. The van der Waals surface area contributed by atoms with Crippen LogP contribution in [0, 0.1) is 0 Å². The van der Waals surface area contributed by atoms with Crippen LogP contribution in [0.1, 0.15) is 5.56 Å². The van der Waals surface area contributed by atoms with Crippen LogP contribution in [0.25, 0.3) is 17.0 Å². The minimum absolute atomic E-state index is 0.215. The molecule has 3 rings (SSSR count). The molecule has 1 aliphatic heterocycles. The molecule has 1 aromatic heterocycles. The standard InChI is InChI=1S/C13H7BrN2O3S/c14-7-1-2-10-8(4-7)11(17)6(5-19-10)3-9-12(18)16-13(20)15-9/h1-5H,(H2,15,16,18,20)/b9-3-. The third-order valence-corrected chi connectivity index (χ3v) is 3.48. The number of fused-ring (bicyclic) bond motifs is 1. The predicted octanol–water partition coefficient (Wildman–Crippen LogP) is 1.90. The second-order valence-electron chi connectivity index (χ2n) is 4.13. The van der Waals surface area contributed by atoms with Crippen LogP contribution in [0.5, 0.6) is 0 Å². The topological polar surface area (TPSA) is 71.3 Å². The van der Waals surface area contributed by atoms with Gasteiger partial charge in [-0.1, -0.05) is 15.9 Å².